The highest BCUT2D eigenvalue weighted by atomic mass is 16.5. The number of hydrogen-bond donors (Lipinski definition) is 0. The number of methoxy groups -OCH3 is 1. The van der Waals surface area contributed by atoms with E-state index in [1.807, 2.05) is 35.5 Å². The summed E-state index contributed by atoms with van der Waals surface area (Å²) >= 11 is 0. The van der Waals surface area contributed by atoms with Gasteiger partial charge in [-0.05, 0) is 5.56 Å². The van der Waals surface area contributed by atoms with Crippen LogP contribution in [-0.4, -0.2) is 63.8 Å². The minimum absolute atomic E-state index is 0.0448. The molecule has 2 aromatic rings. The van der Waals surface area contributed by atoms with E-state index in [9.17, 15) is 4.79 Å². The molecule has 3 saturated heterocycles. The Morgan fingerprint density at radius 3 is 3.00 bits per heavy atom. The van der Waals surface area contributed by atoms with Gasteiger partial charge in [0, 0.05) is 45.4 Å². The van der Waals surface area contributed by atoms with E-state index < -0.39 is 5.72 Å². The molecule has 3 atom stereocenters. The standard InChI is InChI=1S/C21H26N4O3/c1-27-12-11-23-10-8-22-19(23)15-24-9-7-21-18(24)13-20(26)25(21)14-17(28-21)16-5-3-2-4-6-16/h2-6,8,10,17-18H,7,9,11-15H2,1H3/t17-,18-,21+/m1/s1. The molecular weight excluding hydrogens is 356 g/mol. The second-order valence-electron chi connectivity index (χ2n) is 7.84. The van der Waals surface area contributed by atoms with E-state index in [1.165, 1.54) is 0 Å². The molecule has 3 aliphatic heterocycles. The molecule has 7 nitrogen and oxygen atoms in total. The summed E-state index contributed by atoms with van der Waals surface area (Å²) in [6.45, 7) is 3.73. The van der Waals surface area contributed by atoms with Gasteiger partial charge in [-0.3, -0.25) is 9.69 Å². The van der Waals surface area contributed by atoms with Crippen molar-refractivity contribution in [3.05, 3.63) is 54.1 Å². The average molecular weight is 382 g/mol. The molecule has 3 fully saturated rings. The van der Waals surface area contributed by atoms with Crippen LogP contribution >= 0.6 is 0 Å². The van der Waals surface area contributed by atoms with Gasteiger partial charge >= 0.3 is 0 Å². The Balaban J connectivity index is 1.36. The highest BCUT2D eigenvalue weighted by Gasteiger charge is 2.64. The molecule has 28 heavy (non-hydrogen) atoms. The molecule has 1 spiro atoms. The van der Waals surface area contributed by atoms with Crippen molar-refractivity contribution in [3.63, 3.8) is 0 Å². The molecule has 148 valence electrons. The lowest BCUT2D eigenvalue weighted by molar-refractivity contribution is -0.138. The van der Waals surface area contributed by atoms with Crippen LogP contribution in [0.2, 0.25) is 0 Å². The van der Waals surface area contributed by atoms with Gasteiger partial charge < -0.3 is 18.9 Å². The van der Waals surface area contributed by atoms with Crippen LogP contribution in [0.3, 0.4) is 0 Å². The van der Waals surface area contributed by atoms with Crippen LogP contribution in [0.1, 0.15) is 30.3 Å². The average Bonchev–Trinajstić information content (AvgIpc) is 3.45. The van der Waals surface area contributed by atoms with Crippen LogP contribution in [-0.2, 0) is 27.4 Å². The van der Waals surface area contributed by atoms with Crippen molar-refractivity contribution in [1.29, 1.82) is 0 Å². The summed E-state index contributed by atoms with van der Waals surface area (Å²) in [5.41, 5.74) is 0.660. The largest absolute Gasteiger partial charge is 0.383 e. The molecule has 7 heteroatoms. The summed E-state index contributed by atoms with van der Waals surface area (Å²) in [7, 11) is 1.71. The van der Waals surface area contributed by atoms with E-state index in [0.717, 1.165) is 37.4 Å². The number of carbonyl (C=O) groups is 1. The Hall–Kier alpha value is -2.22. The summed E-state index contributed by atoms with van der Waals surface area (Å²) in [6.07, 6.45) is 5.16. The predicted octanol–water partition coefficient (Wildman–Crippen LogP) is 1.80. The number of amides is 1. The number of ether oxygens (including phenoxy) is 2. The monoisotopic (exact) mass is 382 g/mol. The maximum Gasteiger partial charge on any atom is 0.226 e. The van der Waals surface area contributed by atoms with Crippen molar-refractivity contribution in [3.8, 4) is 0 Å². The zero-order valence-corrected chi connectivity index (χ0v) is 16.2. The number of hydrogen-bond acceptors (Lipinski definition) is 5. The van der Waals surface area contributed by atoms with E-state index in [-0.39, 0.29) is 18.1 Å². The molecule has 0 bridgehead atoms. The van der Waals surface area contributed by atoms with Crippen molar-refractivity contribution in [1.82, 2.24) is 19.4 Å². The van der Waals surface area contributed by atoms with Gasteiger partial charge in [-0.15, -0.1) is 0 Å². The van der Waals surface area contributed by atoms with Crippen LogP contribution in [0.5, 0.6) is 0 Å². The number of nitrogens with zero attached hydrogens (tertiary/aromatic N) is 4. The number of rotatable bonds is 6. The third-order valence-corrected chi connectivity index (χ3v) is 6.39. The lowest BCUT2D eigenvalue weighted by Gasteiger charge is -2.32. The van der Waals surface area contributed by atoms with Crippen LogP contribution in [0.15, 0.2) is 42.7 Å². The maximum atomic E-state index is 12.8. The molecule has 0 unspecified atom stereocenters. The summed E-state index contributed by atoms with van der Waals surface area (Å²) in [6, 6.07) is 10.3. The Labute approximate surface area is 164 Å². The first kappa shape index (κ1) is 17.8. The molecule has 0 saturated carbocycles. The van der Waals surface area contributed by atoms with Crippen LogP contribution in [0.4, 0.5) is 0 Å². The fourth-order valence-corrected chi connectivity index (χ4v) is 5.01. The highest BCUT2D eigenvalue weighted by molar-refractivity contribution is 5.81. The quantitative estimate of drug-likeness (QED) is 0.763. The molecule has 5 rings (SSSR count). The fraction of sp³-hybridized carbons (Fsp3) is 0.524. The molecule has 1 aromatic heterocycles. The Morgan fingerprint density at radius 1 is 1.32 bits per heavy atom. The Bertz CT molecular complexity index is 854. The molecule has 4 heterocycles. The van der Waals surface area contributed by atoms with E-state index in [1.54, 1.807) is 7.11 Å². The molecule has 3 aliphatic rings. The van der Waals surface area contributed by atoms with Crippen LogP contribution in [0, 0.1) is 0 Å². The maximum absolute atomic E-state index is 12.8. The summed E-state index contributed by atoms with van der Waals surface area (Å²) in [5.74, 6) is 1.22. The minimum atomic E-state index is -0.485. The Morgan fingerprint density at radius 2 is 2.18 bits per heavy atom. The SMILES string of the molecule is COCCn1ccnc1CN1CC[C@@]23O[C@@H](c4ccccc4)CN2C(=O)C[C@@H]13. The van der Waals surface area contributed by atoms with Gasteiger partial charge in [-0.25, -0.2) is 4.98 Å². The van der Waals surface area contributed by atoms with E-state index >= 15 is 0 Å². The van der Waals surface area contributed by atoms with E-state index in [0.29, 0.717) is 19.6 Å². The summed E-state index contributed by atoms with van der Waals surface area (Å²) < 4.78 is 13.9. The lowest BCUT2D eigenvalue weighted by atomic mass is 10.1. The first-order valence-electron chi connectivity index (χ1n) is 9.97. The Kier molecular flexibility index (Phi) is 4.45. The number of imidazole rings is 1. The second-order valence-corrected chi connectivity index (χ2v) is 7.84. The van der Waals surface area contributed by atoms with Gasteiger partial charge in [0.1, 0.15) is 11.9 Å². The minimum Gasteiger partial charge on any atom is -0.383 e. The number of likely N-dealkylation sites (tertiary alicyclic amines) is 1. The van der Waals surface area contributed by atoms with E-state index in [2.05, 4.69) is 26.6 Å². The second kappa shape index (κ2) is 6.99. The van der Waals surface area contributed by atoms with Gasteiger partial charge in [0.15, 0.2) is 5.72 Å². The number of benzene rings is 1. The van der Waals surface area contributed by atoms with Gasteiger partial charge in [-0.1, -0.05) is 30.3 Å². The fourth-order valence-electron chi connectivity index (χ4n) is 5.01. The van der Waals surface area contributed by atoms with Gasteiger partial charge in [-0.2, -0.15) is 0 Å². The molecular formula is C21H26N4O3. The molecule has 0 aliphatic carbocycles. The van der Waals surface area contributed by atoms with Crippen molar-refractivity contribution in [2.24, 2.45) is 0 Å². The highest BCUT2D eigenvalue weighted by Crippen LogP contribution is 2.50. The van der Waals surface area contributed by atoms with Crippen LogP contribution < -0.4 is 0 Å². The third kappa shape index (κ3) is 2.77. The third-order valence-electron chi connectivity index (χ3n) is 6.39. The van der Waals surface area contributed by atoms with E-state index in [4.69, 9.17) is 9.47 Å². The smallest absolute Gasteiger partial charge is 0.226 e. The molecule has 0 N–H and O–H groups in total. The van der Waals surface area contributed by atoms with Crippen molar-refractivity contribution in [2.75, 3.05) is 26.8 Å². The summed E-state index contributed by atoms with van der Waals surface area (Å²) in [4.78, 5) is 21.7. The molecule has 1 amide bonds. The van der Waals surface area contributed by atoms with Gasteiger partial charge in [0.25, 0.3) is 0 Å². The number of carbonyl (C=O) groups excluding carboxylic acids is 1. The molecule has 0 radical (unpaired) electrons. The normalized spacial score (nSPS) is 29.5. The lowest BCUT2D eigenvalue weighted by Crippen LogP contribution is -2.47. The van der Waals surface area contributed by atoms with Crippen molar-refractivity contribution < 1.29 is 14.3 Å². The zero-order chi connectivity index (χ0) is 19.1. The van der Waals surface area contributed by atoms with Gasteiger partial charge in [0.2, 0.25) is 5.91 Å². The van der Waals surface area contributed by atoms with Crippen molar-refractivity contribution >= 4 is 5.91 Å². The number of aromatic nitrogens is 2. The first-order chi connectivity index (χ1) is 13.7. The van der Waals surface area contributed by atoms with Gasteiger partial charge in [0.05, 0.1) is 25.7 Å². The van der Waals surface area contributed by atoms with Crippen molar-refractivity contribution in [2.45, 2.75) is 43.8 Å². The topological polar surface area (TPSA) is 59.8 Å². The molecule has 1 aromatic carbocycles. The zero-order valence-electron chi connectivity index (χ0n) is 16.2. The summed E-state index contributed by atoms with van der Waals surface area (Å²) in [5, 5.41) is 0. The predicted molar refractivity (Wildman–Crippen MR) is 102 cm³/mol. The first-order valence-corrected chi connectivity index (χ1v) is 9.97. The van der Waals surface area contributed by atoms with Crippen LogP contribution in [0.25, 0.3) is 0 Å².